The number of nitrogens with one attached hydrogen (secondary N) is 1. The molecule has 0 radical (unpaired) electrons. The van der Waals surface area contributed by atoms with Gasteiger partial charge in [0.1, 0.15) is 5.75 Å². The first kappa shape index (κ1) is 23.5. The molecule has 0 aromatic heterocycles. The average Bonchev–Trinajstić information content (AvgIpc) is 3.18. The number of guanidine groups is 1. The van der Waals surface area contributed by atoms with E-state index in [1.807, 2.05) is 31.3 Å². The van der Waals surface area contributed by atoms with Crippen LogP contribution in [0.1, 0.15) is 37.3 Å². The zero-order valence-corrected chi connectivity index (χ0v) is 18.6. The summed E-state index contributed by atoms with van der Waals surface area (Å²) in [5, 5.41) is 18.9. The second-order valence-corrected chi connectivity index (χ2v) is 7.83. The van der Waals surface area contributed by atoms with Gasteiger partial charge >= 0.3 is 6.61 Å². The molecule has 0 amide bonds. The number of alkyl halides is 2. The number of nitriles is 1. The van der Waals surface area contributed by atoms with E-state index in [9.17, 15) is 14.0 Å². The number of hydrazone groups is 1. The van der Waals surface area contributed by atoms with Gasteiger partial charge in [-0.2, -0.15) is 19.1 Å². The summed E-state index contributed by atoms with van der Waals surface area (Å²) >= 11 is 6.19. The number of hydrogen-bond acceptors (Lipinski definition) is 4. The van der Waals surface area contributed by atoms with Crippen molar-refractivity contribution in [3.8, 4) is 11.9 Å². The molecule has 1 atom stereocenters. The standard InChI is InChI=1S/C23H24ClF2N5O/c1-3-4-6-17-13-31(30-21(17)16-9-10-20(24)15(2)11-16)23(28-14-27)29-18-7-5-8-19(12-18)32-22(25)26/h5,7-12,17,22H,3-4,6,13H2,1-2H3,(H,28,29). The predicted molar refractivity (Wildman–Crippen MR) is 121 cm³/mol. The monoisotopic (exact) mass is 459 g/mol. The van der Waals surface area contributed by atoms with Crippen LogP contribution in [0.5, 0.6) is 5.75 Å². The Morgan fingerprint density at radius 3 is 2.88 bits per heavy atom. The third-order valence-corrected chi connectivity index (χ3v) is 5.48. The molecular weight excluding hydrogens is 436 g/mol. The van der Waals surface area contributed by atoms with Gasteiger partial charge in [0, 0.05) is 17.0 Å². The molecule has 0 saturated carbocycles. The van der Waals surface area contributed by atoms with E-state index >= 15 is 0 Å². The maximum atomic E-state index is 12.5. The van der Waals surface area contributed by atoms with Crippen molar-refractivity contribution in [3.63, 3.8) is 0 Å². The molecule has 1 aliphatic heterocycles. The molecule has 0 fully saturated rings. The molecule has 1 N–H and O–H groups in total. The van der Waals surface area contributed by atoms with Crippen molar-refractivity contribution in [3.05, 3.63) is 58.6 Å². The number of rotatable bonds is 7. The molecule has 0 spiro atoms. The number of halogens is 3. The van der Waals surface area contributed by atoms with Crippen LogP contribution in [0.15, 0.2) is 52.6 Å². The van der Waals surface area contributed by atoms with Crippen LogP contribution in [0.2, 0.25) is 5.02 Å². The van der Waals surface area contributed by atoms with Crippen LogP contribution in [0.25, 0.3) is 0 Å². The first-order valence-corrected chi connectivity index (χ1v) is 10.7. The zero-order valence-electron chi connectivity index (χ0n) is 17.9. The van der Waals surface area contributed by atoms with Crippen LogP contribution in [-0.2, 0) is 0 Å². The number of unbranched alkanes of at least 4 members (excludes halogenated alkanes) is 1. The highest BCUT2D eigenvalue weighted by Crippen LogP contribution is 2.28. The van der Waals surface area contributed by atoms with E-state index < -0.39 is 6.61 Å². The van der Waals surface area contributed by atoms with Gasteiger partial charge in [-0.3, -0.25) is 5.32 Å². The van der Waals surface area contributed by atoms with Crippen molar-refractivity contribution in [2.24, 2.45) is 16.0 Å². The summed E-state index contributed by atoms with van der Waals surface area (Å²) in [7, 11) is 0. The molecule has 0 saturated heterocycles. The van der Waals surface area contributed by atoms with Crippen LogP contribution < -0.4 is 10.1 Å². The summed E-state index contributed by atoms with van der Waals surface area (Å²) in [6.07, 6.45) is 4.91. The number of aryl methyl sites for hydroxylation is 1. The fraction of sp³-hybridized carbons (Fsp3) is 0.348. The first-order valence-electron chi connectivity index (χ1n) is 10.3. The molecule has 3 rings (SSSR count). The number of hydrogen-bond donors (Lipinski definition) is 1. The normalized spacial score (nSPS) is 16.2. The average molecular weight is 460 g/mol. The molecule has 6 nitrogen and oxygen atoms in total. The summed E-state index contributed by atoms with van der Waals surface area (Å²) in [4.78, 5) is 4.43. The van der Waals surface area contributed by atoms with Gasteiger partial charge in [-0.05, 0) is 48.7 Å². The van der Waals surface area contributed by atoms with Crippen molar-refractivity contribution in [1.82, 2.24) is 10.3 Å². The SMILES string of the molecule is CCCCC1CN(C(=Nc2cccc(OC(F)F)c2)NC#N)N=C1c1ccc(Cl)c(C)c1. The van der Waals surface area contributed by atoms with Crippen LogP contribution in [0, 0.1) is 24.3 Å². The Bertz CT molecular complexity index is 1050. The Morgan fingerprint density at radius 1 is 1.38 bits per heavy atom. The van der Waals surface area contributed by atoms with E-state index in [1.165, 1.54) is 12.1 Å². The van der Waals surface area contributed by atoms with Gasteiger partial charge in [-0.25, -0.2) is 10.0 Å². The molecule has 1 heterocycles. The lowest BCUT2D eigenvalue weighted by Crippen LogP contribution is -2.35. The molecule has 9 heteroatoms. The predicted octanol–water partition coefficient (Wildman–Crippen LogP) is 5.83. The van der Waals surface area contributed by atoms with Crippen LogP contribution in [0.3, 0.4) is 0 Å². The number of nitrogens with zero attached hydrogens (tertiary/aromatic N) is 4. The smallest absolute Gasteiger partial charge is 0.387 e. The zero-order chi connectivity index (χ0) is 23.1. The third-order valence-electron chi connectivity index (χ3n) is 5.06. The Morgan fingerprint density at radius 2 is 2.19 bits per heavy atom. The molecule has 2 aromatic carbocycles. The van der Waals surface area contributed by atoms with Crippen LogP contribution >= 0.6 is 11.6 Å². The fourth-order valence-corrected chi connectivity index (χ4v) is 3.63. The minimum atomic E-state index is -2.93. The van der Waals surface area contributed by atoms with Crippen molar-refractivity contribution in [2.75, 3.05) is 6.54 Å². The van der Waals surface area contributed by atoms with E-state index in [0.29, 0.717) is 17.3 Å². The van der Waals surface area contributed by atoms with E-state index in [-0.39, 0.29) is 17.6 Å². The molecule has 168 valence electrons. The molecule has 1 unspecified atom stereocenters. The van der Waals surface area contributed by atoms with Crippen LogP contribution in [-0.4, -0.2) is 29.8 Å². The highest BCUT2D eigenvalue weighted by molar-refractivity contribution is 6.31. The summed E-state index contributed by atoms with van der Waals surface area (Å²) in [5.74, 6) is 0.347. The number of aliphatic imine (C=N–C) groups is 1. The molecule has 0 bridgehead atoms. The largest absolute Gasteiger partial charge is 0.435 e. The highest BCUT2D eigenvalue weighted by Gasteiger charge is 2.30. The third kappa shape index (κ3) is 5.95. The topological polar surface area (TPSA) is 73.0 Å². The van der Waals surface area contributed by atoms with E-state index in [4.69, 9.17) is 16.7 Å². The van der Waals surface area contributed by atoms with Gasteiger partial charge in [-0.15, -0.1) is 0 Å². The molecule has 1 aliphatic rings. The lowest BCUT2D eigenvalue weighted by Gasteiger charge is -2.17. The Balaban J connectivity index is 1.95. The van der Waals surface area contributed by atoms with Gasteiger partial charge in [0.15, 0.2) is 6.19 Å². The molecule has 32 heavy (non-hydrogen) atoms. The van der Waals surface area contributed by atoms with Crippen molar-refractivity contribution < 1.29 is 13.5 Å². The van der Waals surface area contributed by atoms with Gasteiger partial charge in [0.2, 0.25) is 5.96 Å². The number of ether oxygens (including phenoxy) is 1. The van der Waals surface area contributed by atoms with Gasteiger partial charge in [0.25, 0.3) is 0 Å². The minimum Gasteiger partial charge on any atom is -0.435 e. The maximum absolute atomic E-state index is 12.5. The second kappa shape index (κ2) is 10.9. The lowest BCUT2D eigenvalue weighted by atomic mass is 9.92. The fourth-order valence-electron chi connectivity index (χ4n) is 3.51. The van der Waals surface area contributed by atoms with Gasteiger partial charge in [0.05, 0.1) is 17.9 Å². The first-order chi connectivity index (χ1) is 15.4. The van der Waals surface area contributed by atoms with Crippen molar-refractivity contribution >= 4 is 29.0 Å². The summed E-state index contributed by atoms with van der Waals surface area (Å²) < 4.78 is 29.5. The molecule has 0 aliphatic carbocycles. The Labute approximate surface area is 191 Å². The van der Waals surface area contributed by atoms with Gasteiger partial charge < -0.3 is 4.74 Å². The van der Waals surface area contributed by atoms with Crippen molar-refractivity contribution in [1.29, 1.82) is 5.26 Å². The Hall–Kier alpha value is -3.18. The van der Waals surface area contributed by atoms with E-state index in [1.54, 1.807) is 17.1 Å². The highest BCUT2D eigenvalue weighted by atomic mass is 35.5. The number of benzene rings is 2. The minimum absolute atomic E-state index is 0.0133. The summed E-state index contributed by atoms with van der Waals surface area (Å²) in [6.45, 7) is 1.68. The second-order valence-electron chi connectivity index (χ2n) is 7.42. The van der Waals surface area contributed by atoms with E-state index in [0.717, 1.165) is 36.1 Å². The lowest BCUT2D eigenvalue weighted by molar-refractivity contribution is -0.0498. The van der Waals surface area contributed by atoms with E-state index in [2.05, 4.69) is 22.0 Å². The summed E-state index contributed by atoms with van der Waals surface area (Å²) in [6, 6.07) is 11.8. The maximum Gasteiger partial charge on any atom is 0.387 e. The Kier molecular flexibility index (Phi) is 8.01. The molecule has 2 aromatic rings. The summed E-state index contributed by atoms with van der Waals surface area (Å²) in [5.41, 5.74) is 3.19. The van der Waals surface area contributed by atoms with Crippen LogP contribution in [0.4, 0.5) is 14.5 Å². The molecular formula is C23H24ClF2N5O. The van der Waals surface area contributed by atoms with Gasteiger partial charge in [-0.1, -0.05) is 43.5 Å². The van der Waals surface area contributed by atoms with Crippen molar-refractivity contribution in [2.45, 2.75) is 39.7 Å². The quantitative estimate of drug-likeness (QED) is 0.244.